The third-order valence-electron chi connectivity index (χ3n) is 3.45. The number of methoxy groups -OCH3 is 3. The van der Waals surface area contributed by atoms with Crippen LogP contribution < -0.4 is 14.2 Å². The normalized spacial score (nSPS) is 11.7. The molecule has 0 aromatic heterocycles. The summed E-state index contributed by atoms with van der Waals surface area (Å²) in [5.41, 5.74) is 0.630. The standard InChI is InChI=1S/C16H17NO6/c1-21-11-5-6-12(15(9-11)23-3)16(18)10-4-7-14(22-2)13(8-10)17(19)20/h4-9,16,18H,1-3H3. The van der Waals surface area contributed by atoms with E-state index in [1.807, 2.05) is 0 Å². The molecule has 2 aromatic carbocycles. The molecule has 2 aromatic rings. The lowest BCUT2D eigenvalue weighted by atomic mass is 9.99. The summed E-state index contributed by atoms with van der Waals surface area (Å²) >= 11 is 0. The van der Waals surface area contributed by atoms with Gasteiger partial charge in [0.15, 0.2) is 5.75 Å². The van der Waals surface area contributed by atoms with Crippen LogP contribution in [0.5, 0.6) is 17.2 Å². The van der Waals surface area contributed by atoms with Crippen LogP contribution in [0.2, 0.25) is 0 Å². The van der Waals surface area contributed by atoms with Crippen molar-refractivity contribution in [2.24, 2.45) is 0 Å². The van der Waals surface area contributed by atoms with E-state index >= 15 is 0 Å². The molecule has 2 rings (SSSR count). The van der Waals surface area contributed by atoms with E-state index in [-0.39, 0.29) is 11.4 Å². The van der Waals surface area contributed by atoms with E-state index < -0.39 is 11.0 Å². The number of aliphatic hydroxyl groups is 1. The summed E-state index contributed by atoms with van der Waals surface area (Å²) in [7, 11) is 4.35. The molecular weight excluding hydrogens is 302 g/mol. The van der Waals surface area contributed by atoms with Gasteiger partial charge in [-0.15, -0.1) is 0 Å². The van der Waals surface area contributed by atoms with Gasteiger partial charge in [0.25, 0.3) is 0 Å². The molecule has 7 heteroatoms. The highest BCUT2D eigenvalue weighted by Crippen LogP contribution is 2.36. The maximum absolute atomic E-state index is 11.1. The lowest BCUT2D eigenvalue weighted by Gasteiger charge is -2.16. The van der Waals surface area contributed by atoms with Crippen molar-refractivity contribution in [3.05, 3.63) is 57.6 Å². The Morgan fingerprint density at radius 3 is 2.26 bits per heavy atom. The smallest absolute Gasteiger partial charge is 0.311 e. The molecule has 0 aliphatic rings. The average molecular weight is 319 g/mol. The molecule has 0 bridgehead atoms. The number of nitrogens with zero attached hydrogens (tertiary/aromatic N) is 1. The Kier molecular flexibility index (Phi) is 5.02. The number of benzene rings is 2. The van der Waals surface area contributed by atoms with Crippen molar-refractivity contribution in [2.75, 3.05) is 21.3 Å². The van der Waals surface area contributed by atoms with Gasteiger partial charge in [0.2, 0.25) is 0 Å². The molecular formula is C16H17NO6. The predicted molar refractivity (Wildman–Crippen MR) is 83.3 cm³/mol. The Hall–Kier alpha value is -2.80. The molecule has 0 aliphatic heterocycles. The van der Waals surface area contributed by atoms with Crippen LogP contribution in [-0.2, 0) is 0 Å². The first kappa shape index (κ1) is 16.6. The van der Waals surface area contributed by atoms with Gasteiger partial charge in [-0.1, -0.05) is 6.07 Å². The van der Waals surface area contributed by atoms with Gasteiger partial charge in [0, 0.05) is 17.7 Å². The number of nitro benzene ring substituents is 1. The molecule has 0 saturated carbocycles. The number of ether oxygens (including phenoxy) is 3. The molecule has 122 valence electrons. The molecule has 1 N–H and O–H groups in total. The van der Waals surface area contributed by atoms with Gasteiger partial charge in [-0.2, -0.15) is 0 Å². The summed E-state index contributed by atoms with van der Waals surface area (Å²) in [6.45, 7) is 0. The first-order valence-corrected chi connectivity index (χ1v) is 6.74. The van der Waals surface area contributed by atoms with E-state index in [2.05, 4.69) is 0 Å². The quantitative estimate of drug-likeness (QED) is 0.650. The zero-order valence-electron chi connectivity index (χ0n) is 13.0. The van der Waals surface area contributed by atoms with Crippen LogP contribution in [0.25, 0.3) is 0 Å². The van der Waals surface area contributed by atoms with Crippen molar-refractivity contribution in [3.8, 4) is 17.2 Å². The van der Waals surface area contributed by atoms with E-state index in [1.165, 1.54) is 33.5 Å². The van der Waals surface area contributed by atoms with Crippen molar-refractivity contribution in [2.45, 2.75) is 6.10 Å². The second-order valence-electron chi connectivity index (χ2n) is 4.70. The topological polar surface area (TPSA) is 91.1 Å². The van der Waals surface area contributed by atoms with Crippen LogP contribution in [0.4, 0.5) is 5.69 Å². The van der Waals surface area contributed by atoms with Crippen molar-refractivity contribution in [1.29, 1.82) is 0 Å². The van der Waals surface area contributed by atoms with Gasteiger partial charge < -0.3 is 19.3 Å². The second-order valence-corrected chi connectivity index (χ2v) is 4.70. The Morgan fingerprint density at radius 2 is 1.70 bits per heavy atom. The van der Waals surface area contributed by atoms with Crippen LogP contribution in [0.15, 0.2) is 36.4 Å². The van der Waals surface area contributed by atoms with Crippen molar-refractivity contribution < 1.29 is 24.2 Å². The average Bonchev–Trinajstić information content (AvgIpc) is 2.59. The maximum Gasteiger partial charge on any atom is 0.311 e. The summed E-state index contributed by atoms with van der Waals surface area (Å²) in [5, 5.41) is 21.7. The predicted octanol–water partition coefficient (Wildman–Crippen LogP) is 2.70. The lowest BCUT2D eigenvalue weighted by molar-refractivity contribution is -0.385. The van der Waals surface area contributed by atoms with Gasteiger partial charge in [0.05, 0.1) is 26.3 Å². The fourth-order valence-corrected chi connectivity index (χ4v) is 2.24. The fourth-order valence-electron chi connectivity index (χ4n) is 2.24. The van der Waals surface area contributed by atoms with Crippen LogP contribution >= 0.6 is 0 Å². The zero-order chi connectivity index (χ0) is 17.0. The number of nitro groups is 1. The van der Waals surface area contributed by atoms with Gasteiger partial charge in [-0.25, -0.2) is 0 Å². The van der Waals surface area contributed by atoms with Gasteiger partial charge in [-0.3, -0.25) is 10.1 Å². The highest BCUT2D eigenvalue weighted by molar-refractivity contribution is 5.52. The summed E-state index contributed by atoms with van der Waals surface area (Å²) in [6, 6.07) is 9.27. The van der Waals surface area contributed by atoms with E-state index in [0.29, 0.717) is 22.6 Å². The first-order valence-electron chi connectivity index (χ1n) is 6.74. The molecule has 1 atom stereocenters. The van der Waals surface area contributed by atoms with Gasteiger partial charge in [0.1, 0.15) is 17.6 Å². The summed E-state index contributed by atoms with van der Waals surface area (Å²) in [6.07, 6.45) is -1.08. The molecule has 1 unspecified atom stereocenters. The summed E-state index contributed by atoms with van der Waals surface area (Å²) in [4.78, 5) is 10.5. The third kappa shape index (κ3) is 3.35. The SMILES string of the molecule is COc1ccc(C(O)c2ccc(OC)c([N+](=O)[O-])c2)c(OC)c1. The van der Waals surface area contributed by atoms with Crippen molar-refractivity contribution in [1.82, 2.24) is 0 Å². The van der Waals surface area contributed by atoms with E-state index in [4.69, 9.17) is 14.2 Å². The molecule has 0 aliphatic carbocycles. The van der Waals surface area contributed by atoms with E-state index in [9.17, 15) is 15.2 Å². The molecule has 23 heavy (non-hydrogen) atoms. The molecule has 0 heterocycles. The van der Waals surface area contributed by atoms with Crippen LogP contribution in [0.1, 0.15) is 17.2 Å². The summed E-state index contributed by atoms with van der Waals surface area (Å²) < 4.78 is 15.3. The van der Waals surface area contributed by atoms with E-state index in [1.54, 1.807) is 24.3 Å². The Balaban J connectivity index is 2.46. The number of rotatable bonds is 6. The molecule has 0 radical (unpaired) electrons. The highest BCUT2D eigenvalue weighted by atomic mass is 16.6. The fraction of sp³-hybridized carbons (Fsp3) is 0.250. The van der Waals surface area contributed by atoms with E-state index in [0.717, 1.165) is 0 Å². The Bertz CT molecular complexity index is 716. The number of aliphatic hydroxyl groups excluding tert-OH is 1. The maximum atomic E-state index is 11.1. The van der Waals surface area contributed by atoms with Gasteiger partial charge in [-0.05, 0) is 23.8 Å². The Labute approximate surface area is 133 Å². The Morgan fingerprint density at radius 1 is 1.00 bits per heavy atom. The van der Waals surface area contributed by atoms with Crippen LogP contribution in [0.3, 0.4) is 0 Å². The minimum absolute atomic E-state index is 0.132. The minimum Gasteiger partial charge on any atom is -0.497 e. The molecule has 0 saturated heterocycles. The summed E-state index contributed by atoms with van der Waals surface area (Å²) in [5.74, 6) is 1.14. The largest absolute Gasteiger partial charge is 0.497 e. The van der Waals surface area contributed by atoms with Crippen LogP contribution in [0, 0.1) is 10.1 Å². The second kappa shape index (κ2) is 6.97. The number of hydrogen-bond acceptors (Lipinski definition) is 6. The minimum atomic E-state index is -1.08. The molecule has 7 nitrogen and oxygen atoms in total. The van der Waals surface area contributed by atoms with Crippen molar-refractivity contribution in [3.63, 3.8) is 0 Å². The zero-order valence-corrected chi connectivity index (χ0v) is 13.0. The number of hydrogen-bond donors (Lipinski definition) is 1. The monoisotopic (exact) mass is 319 g/mol. The van der Waals surface area contributed by atoms with Gasteiger partial charge >= 0.3 is 5.69 Å². The first-order chi connectivity index (χ1) is 11.0. The lowest BCUT2D eigenvalue weighted by Crippen LogP contribution is -2.04. The van der Waals surface area contributed by atoms with Crippen LogP contribution in [-0.4, -0.2) is 31.4 Å². The molecule has 0 spiro atoms. The van der Waals surface area contributed by atoms with Crippen molar-refractivity contribution >= 4 is 5.69 Å². The highest BCUT2D eigenvalue weighted by Gasteiger charge is 2.21. The molecule has 0 fully saturated rings. The molecule has 0 amide bonds. The third-order valence-corrected chi connectivity index (χ3v) is 3.45.